The highest BCUT2D eigenvalue weighted by atomic mass is 16.5. The number of carbonyl (C=O) groups excluding carboxylic acids is 2. The Morgan fingerprint density at radius 2 is 2.12 bits per heavy atom. The molecule has 2 N–H and O–H groups in total. The average Bonchev–Trinajstić information content (AvgIpc) is 2.63. The summed E-state index contributed by atoms with van der Waals surface area (Å²) >= 11 is 0. The van der Waals surface area contributed by atoms with Crippen LogP contribution < -0.4 is 10.1 Å². The van der Waals surface area contributed by atoms with Gasteiger partial charge in [-0.05, 0) is 6.07 Å². The van der Waals surface area contributed by atoms with E-state index in [0.717, 1.165) is 0 Å². The van der Waals surface area contributed by atoms with Gasteiger partial charge in [-0.25, -0.2) is 0 Å². The van der Waals surface area contributed by atoms with E-state index >= 15 is 0 Å². The number of hydrogen-bond donors (Lipinski definition) is 2. The van der Waals surface area contributed by atoms with E-state index in [1.165, 1.54) is 13.8 Å². The van der Waals surface area contributed by atoms with Crippen molar-refractivity contribution in [2.24, 2.45) is 0 Å². The van der Waals surface area contributed by atoms with Gasteiger partial charge in [0.15, 0.2) is 0 Å². The van der Waals surface area contributed by atoms with E-state index in [4.69, 9.17) is 4.74 Å². The van der Waals surface area contributed by atoms with Crippen LogP contribution in [0.25, 0.3) is 11.0 Å². The molecule has 0 aliphatic rings. The predicted molar refractivity (Wildman–Crippen MR) is 59.5 cm³/mol. The second-order valence-corrected chi connectivity index (χ2v) is 3.37. The number of H-pyrrole nitrogens is 1. The number of esters is 1. The lowest BCUT2D eigenvalue weighted by atomic mass is 10.4. The van der Waals surface area contributed by atoms with Crippen LogP contribution in [0.2, 0.25) is 0 Å². The third-order valence-corrected chi connectivity index (χ3v) is 1.91. The number of hydrogen-bond acceptors (Lipinski definition) is 5. The molecule has 2 aromatic rings. The Hall–Kier alpha value is -2.44. The van der Waals surface area contributed by atoms with E-state index in [-0.39, 0.29) is 17.7 Å². The van der Waals surface area contributed by atoms with Gasteiger partial charge in [-0.15, -0.1) is 0 Å². The smallest absolute Gasteiger partial charge is 0.309 e. The molecule has 0 atom stereocenters. The van der Waals surface area contributed by atoms with Crippen molar-refractivity contribution in [2.45, 2.75) is 13.8 Å². The summed E-state index contributed by atoms with van der Waals surface area (Å²) in [4.78, 5) is 32.7. The summed E-state index contributed by atoms with van der Waals surface area (Å²) in [6, 6.07) is 1.69. The maximum Gasteiger partial charge on any atom is 0.309 e. The maximum atomic E-state index is 10.9. The van der Waals surface area contributed by atoms with E-state index in [0.29, 0.717) is 11.0 Å². The van der Waals surface area contributed by atoms with Crippen LogP contribution in [0.15, 0.2) is 12.3 Å². The molecule has 2 heterocycles. The Morgan fingerprint density at radius 1 is 1.35 bits per heavy atom. The molecule has 88 valence electrons. The van der Waals surface area contributed by atoms with Crippen molar-refractivity contribution in [1.82, 2.24) is 15.0 Å². The van der Waals surface area contributed by atoms with Gasteiger partial charge in [-0.2, -0.15) is 9.97 Å². The van der Waals surface area contributed by atoms with Gasteiger partial charge in [0, 0.05) is 20.0 Å². The number of ether oxygens (including phenoxy) is 1. The predicted octanol–water partition coefficient (Wildman–Crippen LogP) is 0.842. The number of nitrogens with one attached hydrogen (secondary N) is 2. The molecular formula is C10H10N4O3. The van der Waals surface area contributed by atoms with E-state index in [1.807, 2.05) is 0 Å². The first kappa shape index (κ1) is 11.1. The summed E-state index contributed by atoms with van der Waals surface area (Å²) in [5.41, 5.74) is 0.486. The van der Waals surface area contributed by atoms with Crippen molar-refractivity contribution in [1.29, 1.82) is 0 Å². The van der Waals surface area contributed by atoms with Gasteiger partial charge in [0.1, 0.15) is 5.65 Å². The number of aromatic amines is 1. The van der Waals surface area contributed by atoms with E-state index in [1.54, 1.807) is 12.3 Å². The molecule has 2 rings (SSSR count). The van der Waals surface area contributed by atoms with Crippen LogP contribution in [-0.4, -0.2) is 26.8 Å². The van der Waals surface area contributed by atoms with Crippen LogP contribution in [0, 0.1) is 0 Å². The topological polar surface area (TPSA) is 97.0 Å². The van der Waals surface area contributed by atoms with Crippen molar-refractivity contribution in [3.8, 4) is 5.88 Å². The average molecular weight is 234 g/mol. The molecule has 0 unspecified atom stereocenters. The maximum absolute atomic E-state index is 10.9. The quantitative estimate of drug-likeness (QED) is 0.750. The van der Waals surface area contributed by atoms with Crippen molar-refractivity contribution < 1.29 is 14.3 Å². The molecule has 17 heavy (non-hydrogen) atoms. The monoisotopic (exact) mass is 234 g/mol. The van der Waals surface area contributed by atoms with Gasteiger partial charge in [0.2, 0.25) is 17.7 Å². The van der Waals surface area contributed by atoms with Crippen molar-refractivity contribution in [3.05, 3.63) is 12.3 Å². The Balaban J connectivity index is 2.50. The SMILES string of the molecule is CC(=O)Nc1nc(OC(C)=O)c2cc[nH]c2n1. The van der Waals surface area contributed by atoms with E-state index in [9.17, 15) is 9.59 Å². The molecule has 7 heteroatoms. The fourth-order valence-electron chi connectivity index (χ4n) is 1.34. The lowest BCUT2D eigenvalue weighted by molar-refractivity contribution is -0.132. The van der Waals surface area contributed by atoms with Crippen LogP contribution >= 0.6 is 0 Å². The second kappa shape index (κ2) is 4.20. The molecule has 0 bridgehead atoms. The molecule has 0 saturated carbocycles. The lowest BCUT2D eigenvalue weighted by Crippen LogP contribution is -2.11. The molecule has 0 radical (unpaired) electrons. The molecule has 1 amide bonds. The number of anilines is 1. The van der Waals surface area contributed by atoms with Gasteiger partial charge in [0.25, 0.3) is 0 Å². The summed E-state index contributed by atoms with van der Waals surface area (Å²) in [6.45, 7) is 2.62. The van der Waals surface area contributed by atoms with Gasteiger partial charge in [-0.3, -0.25) is 14.9 Å². The molecule has 0 saturated heterocycles. The van der Waals surface area contributed by atoms with Gasteiger partial charge >= 0.3 is 5.97 Å². The summed E-state index contributed by atoms with van der Waals surface area (Å²) in [5.74, 6) is -0.583. The van der Waals surface area contributed by atoms with Gasteiger partial charge in [-0.1, -0.05) is 0 Å². The highest BCUT2D eigenvalue weighted by Gasteiger charge is 2.12. The van der Waals surface area contributed by atoms with E-state index < -0.39 is 5.97 Å². The second-order valence-electron chi connectivity index (χ2n) is 3.37. The zero-order chi connectivity index (χ0) is 12.4. The number of fused-ring (bicyclic) bond motifs is 1. The first-order valence-electron chi connectivity index (χ1n) is 4.87. The molecule has 0 fully saturated rings. The van der Waals surface area contributed by atoms with E-state index in [2.05, 4.69) is 20.3 Å². The normalized spacial score (nSPS) is 10.2. The summed E-state index contributed by atoms with van der Waals surface area (Å²) in [6.07, 6.45) is 1.64. The van der Waals surface area contributed by atoms with Crippen molar-refractivity contribution in [3.63, 3.8) is 0 Å². The standard InChI is InChI=1S/C10H10N4O3/c1-5(15)12-10-13-8-7(3-4-11-8)9(14-10)17-6(2)16/h3-4H,1-2H3,(H2,11,12,13,14,15). The van der Waals surface area contributed by atoms with Crippen molar-refractivity contribution in [2.75, 3.05) is 5.32 Å². The summed E-state index contributed by atoms with van der Waals surface area (Å²) in [5, 5.41) is 3.01. The minimum Gasteiger partial charge on any atom is -0.407 e. The van der Waals surface area contributed by atoms with Crippen LogP contribution in [0.3, 0.4) is 0 Å². The first-order chi connectivity index (χ1) is 8.06. The summed E-state index contributed by atoms with van der Waals surface area (Å²) < 4.78 is 4.95. The zero-order valence-electron chi connectivity index (χ0n) is 9.27. The van der Waals surface area contributed by atoms with Crippen LogP contribution in [0.4, 0.5) is 5.95 Å². The third-order valence-electron chi connectivity index (χ3n) is 1.91. The first-order valence-corrected chi connectivity index (χ1v) is 4.87. The lowest BCUT2D eigenvalue weighted by Gasteiger charge is -2.05. The van der Waals surface area contributed by atoms with Crippen LogP contribution in [0.1, 0.15) is 13.8 Å². The molecule has 0 aliphatic carbocycles. The number of carbonyl (C=O) groups is 2. The largest absolute Gasteiger partial charge is 0.407 e. The Labute approximate surface area is 96.2 Å². The minimum atomic E-state index is -0.486. The van der Waals surface area contributed by atoms with Gasteiger partial charge < -0.3 is 9.72 Å². The Bertz CT molecular complexity index is 590. The molecule has 7 nitrogen and oxygen atoms in total. The minimum absolute atomic E-state index is 0.0868. The number of amides is 1. The van der Waals surface area contributed by atoms with Crippen LogP contribution in [0.5, 0.6) is 5.88 Å². The highest BCUT2D eigenvalue weighted by Crippen LogP contribution is 2.23. The molecular weight excluding hydrogens is 224 g/mol. The Morgan fingerprint density at radius 3 is 2.76 bits per heavy atom. The molecule has 2 aromatic heterocycles. The molecule has 0 aromatic carbocycles. The number of nitrogens with zero attached hydrogens (tertiary/aromatic N) is 2. The van der Waals surface area contributed by atoms with Crippen molar-refractivity contribution >= 4 is 28.9 Å². The zero-order valence-corrected chi connectivity index (χ0v) is 9.27. The molecule has 0 aliphatic heterocycles. The summed E-state index contributed by atoms with van der Waals surface area (Å²) in [7, 11) is 0. The fourth-order valence-corrected chi connectivity index (χ4v) is 1.34. The number of aromatic nitrogens is 3. The van der Waals surface area contributed by atoms with Gasteiger partial charge in [0.05, 0.1) is 5.39 Å². The fraction of sp³-hybridized carbons (Fsp3) is 0.200. The van der Waals surface area contributed by atoms with Crippen LogP contribution in [-0.2, 0) is 9.59 Å². The third kappa shape index (κ3) is 2.39. The number of rotatable bonds is 2. The Kier molecular flexibility index (Phi) is 2.73. The molecule has 0 spiro atoms. The highest BCUT2D eigenvalue weighted by molar-refractivity contribution is 5.89.